The Hall–Kier alpha value is -1.48. The largest absolute Gasteiger partial charge is 0.368 e. The first-order chi connectivity index (χ1) is 7.77. The van der Waals surface area contributed by atoms with Crippen LogP contribution in [-0.2, 0) is 11.3 Å². The Morgan fingerprint density at radius 3 is 2.62 bits per heavy atom. The van der Waals surface area contributed by atoms with Gasteiger partial charge in [-0.1, -0.05) is 30.3 Å². The molecule has 86 valence electrons. The number of hydrogen-bond acceptors (Lipinski definition) is 3. The number of rotatable bonds is 4. The van der Waals surface area contributed by atoms with Gasteiger partial charge in [-0.2, -0.15) is 0 Å². The molecule has 1 aromatic carbocycles. The van der Waals surface area contributed by atoms with Crippen LogP contribution in [-0.4, -0.2) is 18.3 Å². The van der Waals surface area contributed by atoms with E-state index in [1.807, 2.05) is 11.1 Å². The number of benzene rings is 1. The van der Waals surface area contributed by atoms with E-state index in [9.17, 15) is 0 Å². The Balaban J connectivity index is 1.77. The van der Waals surface area contributed by atoms with E-state index < -0.39 is 0 Å². The van der Waals surface area contributed by atoms with Crippen molar-refractivity contribution >= 4 is 0 Å². The topological polar surface area (TPSA) is 24.5 Å². The lowest BCUT2D eigenvalue weighted by Crippen LogP contribution is -2.24. The summed E-state index contributed by atoms with van der Waals surface area (Å²) < 4.78 is 0. The van der Waals surface area contributed by atoms with Crippen LogP contribution in [0.4, 0.5) is 0 Å². The second-order valence-electron chi connectivity index (χ2n) is 3.99. The fourth-order valence-electron chi connectivity index (χ4n) is 1.68. The molecule has 3 nitrogen and oxygen atoms in total. The van der Waals surface area contributed by atoms with Crippen LogP contribution in [0.5, 0.6) is 0 Å². The summed E-state index contributed by atoms with van der Waals surface area (Å²) in [5.41, 5.74) is 3.68. The Bertz CT molecular complexity index is 373. The van der Waals surface area contributed by atoms with Crippen LogP contribution in [0.15, 0.2) is 41.7 Å². The fraction of sp³-hybridized carbons (Fsp3) is 0.385. The molecule has 0 unspecified atom stereocenters. The molecule has 0 saturated carbocycles. The van der Waals surface area contributed by atoms with Crippen molar-refractivity contribution in [3.8, 4) is 0 Å². The van der Waals surface area contributed by atoms with Crippen molar-refractivity contribution < 1.29 is 4.84 Å². The Kier molecular flexibility index (Phi) is 3.47. The highest BCUT2D eigenvalue weighted by atomic mass is 16.7. The minimum Gasteiger partial charge on any atom is -0.368 e. The highest BCUT2D eigenvalue weighted by molar-refractivity contribution is 5.14. The molecule has 1 aliphatic heterocycles. The van der Waals surface area contributed by atoms with Gasteiger partial charge in [0.05, 0.1) is 12.3 Å². The van der Waals surface area contributed by atoms with Crippen LogP contribution in [0.3, 0.4) is 0 Å². The maximum atomic E-state index is 5.70. The van der Waals surface area contributed by atoms with E-state index in [1.54, 1.807) is 0 Å². The Labute approximate surface area is 96.7 Å². The summed E-state index contributed by atoms with van der Waals surface area (Å²) >= 11 is 0. The molecule has 0 saturated heterocycles. The van der Waals surface area contributed by atoms with Gasteiger partial charge < -0.3 is 5.32 Å². The third-order valence-electron chi connectivity index (χ3n) is 2.89. The first-order valence-corrected chi connectivity index (χ1v) is 5.63. The molecule has 1 aliphatic rings. The van der Waals surface area contributed by atoms with Gasteiger partial charge in [0.25, 0.3) is 0 Å². The summed E-state index contributed by atoms with van der Waals surface area (Å²) in [4.78, 5) is 5.70. The van der Waals surface area contributed by atoms with Gasteiger partial charge in [-0.3, -0.25) is 4.84 Å². The molecule has 16 heavy (non-hydrogen) atoms. The van der Waals surface area contributed by atoms with E-state index in [0.29, 0.717) is 0 Å². The predicted octanol–water partition coefficient (Wildman–Crippen LogP) is 2.27. The standard InChI is InChI=1S/C13H18N2O/c1-11-12(2)15(10-14-11)16-9-8-13-6-4-3-5-7-13/h3-7,14H,8-10H2,1-2H3. The SMILES string of the molecule is CC1=C(C)N(OCCc2ccccc2)CN1. The number of nitrogens with zero attached hydrogens (tertiary/aromatic N) is 1. The highest BCUT2D eigenvalue weighted by Crippen LogP contribution is 2.14. The summed E-state index contributed by atoms with van der Waals surface area (Å²) in [7, 11) is 0. The van der Waals surface area contributed by atoms with Crippen molar-refractivity contribution in [2.75, 3.05) is 13.3 Å². The maximum absolute atomic E-state index is 5.70. The van der Waals surface area contributed by atoms with Crippen LogP contribution < -0.4 is 5.32 Å². The van der Waals surface area contributed by atoms with Crippen LogP contribution in [0, 0.1) is 0 Å². The molecule has 0 atom stereocenters. The van der Waals surface area contributed by atoms with Gasteiger partial charge in [0.15, 0.2) is 0 Å². The minimum atomic E-state index is 0.719. The van der Waals surface area contributed by atoms with E-state index >= 15 is 0 Å². The maximum Gasteiger partial charge on any atom is 0.113 e. The summed E-state index contributed by atoms with van der Waals surface area (Å²) in [6.07, 6.45) is 0.948. The van der Waals surface area contributed by atoms with E-state index in [2.05, 4.69) is 43.4 Å². The molecule has 1 N–H and O–H groups in total. The van der Waals surface area contributed by atoms with Crippen molar-refractivity contribution in [1.29, 1.82) is 0 Å². The van der Waals surface area contributed by atoms with Crippen LogP contribution in [0.25, 0.3) is 0 Å². The molecular formula is C13H18N2O. The molecule has 3 heteroatoms. The molecule has 0 bridgehead atoms. The average Bonchev–Trinajstić information content (AvgIpc) is 2.62. The highest BCUT2D eigenvalue weighted by Gasteiger charge is 2.15. The number of allylic oxidation sites excluding steroid dienone is 2. The normalized spacial score (nSPS) is 15.5. The smallest absolute Gasteiger partial charge is 0.113 e. The molecule has 1 aromatic rings. The van der Waals surface area contributed by atoms with Crippen molar-refractivity contribution in [3.05, 3.63) is 47.3 Å². The molecule has 2 rings (SSSR count). The van der Waals surface area contributed by atoms with Gasteiger partial charge in [-0.25, -0.2) is 5.06 Å². The second kappa shape index (κ2) is 5.03. The number of hydrogen-bond donors (Lipinski definition) is 1. The molecule has 0 radical (unpaired) electrons. The summed E-state index contributed by atoms with van der Waals surface area (Å²) in [5.74, 6) is 0. The van der Waals surface area contributed by atoms with Crippen molar-refractivity contribution in [3.63, 3.8) is 0 Å². The fourth-order valence-corrected chi connectivity index (χ4v) is 1.68. The van der Waals surface area contributed by atoms with Crippen LogP contribution >= 0.6 is 0 Å². The van der Waals surface area contributed by atoms with Gasteiger partial charge >= 0.3 is 0 Å². The predicted molar refractivity (Wildman–Crippen MR) is 64.3 cm³/mol. The van der Waals surface area contributed by atoms with Crippen molar-refractivity contribution in [2.24, 2.45) is 0 Å². The van der Waals surface area contributed by atoms with Gasteiger partial charge in [-0.05, 0) is 25.8 Å². The lowest BCUT2D eigenvalue weighted by atomic mass is 10.2. The average molecular weight is 218 g/mol. The number of hydroxylamine groups is 2. The Morgan fingerprint density at radius 1 is 1.25 bits per heavy atom. The summed E-state index contributed by atoms with van der Waals surface area (Å²) in [5, 5.41) is 5.16. The molecule has 0 fully saturated rings. The summed E-state index contributed by atoms with van der Waals surface area (Å²) in [6.45, 7) is 5.61. The Morgan fingerprint density at radius 2 is 2.00 bits per heavy atom. The lowest BCUT2D eigenvalue weighted by Gasteiger charge is -2.18. The van der Waals surface area contributed by atoms with E-state index in [4.69, 9.17) is 4.84 Å². The second-order valence-corrected chi connectivity index (χ2v) is 3.99. The van der Waals surface area contributed by atoms with Crippen molar-refractivity contribution in [2.45, 2.75) is 20.3 Å². The van der Waals surface area contributed by atoms with Gasteiger partial charge in [0, 0.05) is 5.70 Å². The quantitative estimate of drug-likeness (QED) is 0.839. The molecule has 1 heterocycles. The molecular weight excluding hydrogens is 200 g/mol. The van der Waals surface area contributed by atoms with E-state index in [0.717, 1.165) is 19.7 Å². The summed E-state index contributed by atoms with van der Waals surface area (Å²) in [6, 6.07) is 10.4. The number of nitrogens with one attached hydrogen (secondary N) is 1. The third kappa shape index (κ3) is 2.55. The van der Waals surface area contributed by atoms with Crippen LogP contribution in [0.2, 0.25) is 0 Å². The monoisotopic (exact) mass is 218 g/mol. The van der Waals surface area contributed by atoms with Gasteiger partial charge in [-0.15, -0.1) is 0 Å². The molecule has 0 aromatic heterocycles. The third-order valence-corrected chi connectivity index (χ3v) is 2.89. The van der Waals surface area contributed by atoms with Gasteiger partial charge in [0.1, 0.15) is 6.67 Å². The minimum absolute atomic E-state index is 0.719. The zero-order chi connectivity index (χ0) is 11.4. The zero-order valence-corrected chi connectivity index (χ0v) is 9.86. The van der Waals surface area contributed by atoms with E-state index in [-0.39, 0.29) is 0 Å². The van der Waals surface area contributed by atoms with E-state index in [1.165, 1.54) is 17.0 Å². The first kappa shape index (κ1) is 11.0. The van der Waals surface area contributed by atoms with Crippen LogP contribution in [0.1, 0.15) is 19.4 Å². The molecule has 0 amide bonds. The molecule has 0 spiro atoms. The first-order valence-electron chi connectivity index (χ1n) is 5.63. The van der Waals surface area contributed by atoms with Crippen molar-refractivity contribution in [1.82, 2.24) is 10.4 Å². The van der Waals surface area contributed by atoms with Gasteiger partial charge in [0.2, 0.25) is 0 Å². The zero-order valence-electron chi connectivity index (χ0n) is 9.86. The molecule has 0 aliphatic carbocycles. The lowest BCUT2D eigenvalue weighted by molar-refractivity contribution is -0.125.